The molecular formula is C17H10N2O5S2. The summed E-state index contributed by atoms with van der Waals surface area (Å²) in [7, 11) is 0. The van der Waals surface area contributed by atoms with E-state index in [-0.39, 0.29) is 21.5 Å². The number of benzene rings is 2. The number of thiocarbonyl (C=S) groups is 1. The minimum Gasteiger partial charge on any atom is -0.478 e. The molecule has 2 aromatic carbocycles. The van der Waals surface area contributed by atoms with Crippen LogP contribution in [0.15, 0.2) is 53.4 Å². The number of non-ortho nitro benzene ring substituents is 1. The Kier molecular flexibility index (Phi) is 4.83. The van der Waals surface area contributed by atoms with Gasteiger partial charge in [0, 0.05) is 12.1 Å². The van der Waals surface area contributed by atoms with Crippen LogP contribution < -0.4 is 4.90 Å². The third-order valence-corrected chi connectivity index (χ3v) is 4.85. The fraction of sp³-hybridized carbons (Fsp3) is 0. The predicted octanol–water partition coefficient (Wildman–Crippen LogP) is 3.70. The first-order valence-corrected chi connectivity index (χ1v) is 8.45. The average molecular weight is 386 g/mol. The lowest BCUT2D eigenvalue weighted by Gasteiger charge is -2.14. The van der Waals surface area contributed by atoms with E-state index in [1.54, 1.807) is 12.1 Å². The first-order chi connectivity index (χ1) is 12.4. The van der Waals surface area contributed by atoms with Gasteiger partial charge in [-0.15, -0.1) is 0 Å². The summed E-state index contributed by atoms with van der Waals surface area (Å²) in [6.45, 7) is 0. The molecule has 1 heterocycles. The molecule has 0 saturated carbocycles. The van der Waals surface area contributed by atoms with Gasteiger partial charge in [0.2, 0.25) is 0 Å². The molecule has 130 valence electrons. The van der Waals surface area contributed by atoms with E-state index in [1.807, 2.05) is 0 Å². The van der Waals surface area contributed by atoms with Crippen LogP contribution in [0, 0.1) is 10.1 Å². The Morgan fingerprint density at radius 3 is 2.54 bits per heavy atom. The minimum atomic E-state index is -1.10. The zero-order chi connectivity index (χ0) is 18.8. The molecule has 0 bridgehead atoms. The van der Waals surface area contributed by atoms with Crippen LogP contribution in [-0.4, -0.2) is 26.2 Å². The van der Waals surface area contributed by atoms with E-state index < -0.39 is 10.9 Å². The van der Waals surface area contributed by atoms with E-state index >= 15 is 0 Å². The van der Waals surface area contributed by atoms with Gasteiger partial charge in [-0.05, 0) is 42.0 Å². The summed E-state index contributed by atoms with van der Waals surface area (Å²) >= 11 is 6.33. The molecule has 1 fully saturated rings. The lowest BCUT2D eigenvalue weighted by Crippen LogP contribution is -2.27. The van der Waals surface area contributed by atoms with Crippen LogP contribution >= 0.6 is 24.0 Å². The van der Waals surface area contributed by atoms with Crippen molar-refractivity contribution in [1.29, 1.82) is 0 Å². The van der Waals surface area contributed by atoms with Crippen molar-refractivity contribution in [3.8, 4) is 0 Å². The molecule has 26 heavy (non-hydrogen) atoms. The van der Waals surface area contributed by atoms with Crippen LogP contribution in [0.5, 0.6) is 0 Å². The number of carbonyl (C=O) groups excluding carboxylic acids is 1. The minimum absolute atomic E-state index is 0.0415. The Labute approximate surface area is 157 Å². The number of anilines is 1. The Hall–Kier alpha value is -3.04. The van der Waals surface area contributed by atoms with Gasteiger partial charge in [0.1, 0.15) is 0 Å². The van der Waals surface area contributed by atoms with Gasteiger partial charge in [0.05, 0.1) is 21.1 Å². The monoisotopic (exact) mass is 386 g/mol. The quantitative estimate of drug-likeness (QED) is 0.370. The molecule has 3 rings (SSSR count). The van der Waals surface area contributed by atoms with E-state index in [2.05, 4.69) is 0 Å². The molecule has 1 aliphatic rings. The number of rotatable bonds is 4. The number of carboxylic acid groups (broad SMARTS) is 1. The van der Waals surface area contributed by atoms with Crippen LogP contribution in [0.1, 0.15) is 15.9 Å². The summed E-state index contributed by atoms with van der Waals surface area (Å²) < 4.78 is 0.283. The molecule has 0 unspecified atom stereocenters. The fourth-order valence-corrected chi connectivity index (χ4v) is 3.61. The maximum atomic E-state index is 12.7. The van der Waals surface area contributed by atoms with Gasteiger partial charge in [-0.25, -0.2) is 4.79 Å². The van der Waals surface area contributed by atoms with E-state index in [0.29, 0.717) is 16.2 Å². The second-order valence-corrected chi connectivity index (χ2v) is 6.90. The number of nitro groups is 1. The Morgan fingerprint density at radius 1 is 1.23 bits per heavy atom. The van der Waals surface area contributed by atoms with Gasteiger partial charge in [-0.2, -0.15) is 0 Å². The Morgan fingerprint density at radius 2 is 1.92 bits per heavy atom. The van der Waals surface area contributed by atoms with Crippen LogP contribution in [0.25, 0.3) is 6.08 Å². The number of thioether (sulfide) groups is 1. The normalized spacial score (nSPS) is 15.5. The van der Waals surface area contributed by atoms with Crippen LogP contribution in [0.4, 0.5) is 11.4 Å². The summed E-state index contributed by atoms with van der Waals surface area (Å²) in [5.74, 6) is -1.47. The van der Waals surface area contributed by atoms with E-state index in [1.165, 1.54) is 47.4 Å². The lowest BCUT2D eigenvalue weighted by molar-refractivity contribution is -0.384. The number of amides is 1. The highest BCUT2D eigenvalue weighted by atomic mass is 32.2. The molecule has 1 N–H and O–H groups in total. The molecule has 0 radical (unpaired) electrons. The number of nitrogens with zero attached hydrogens (tertiary/aromatic N) is 2. The van der Waals surface area contributed by atoms with Crippen LogP contribution in [0.2, 0.25) is 0 Å². The number of aromatic carboxylic acids is 1. The van der Waals surface area contributed by atoms with Crippen molar-refractivity contribution in [2.24, 2.45) is 0 Å². The van der Waals surface area contributed by atoms with E-state index in [4.69, 9.17) is 17.3 Å². The number of carbonyl (C=O) groups is 2. The van der Waals surface area contributed by atoms with E-state index in [9.17, 15) is 19.7 Å². The Balaban J connectivity index is 1.90. The molecule has 0 spiro atoms. The van der Waals surface area contributed by atoms with Crippen molar-refractivity contribution in [2.45, 2.75) is 0 Å². The van der Waals surface area contributed by atoms with Crippen LogP contribution in [-0.2, 0) is 4.79 Å². The zero-order valence-corrected chi connectivity index (χ0v) is 14.6. The van der Waals surface area contributed by atoms with Crippen molar-refractivity contribution >= 4 is 57.6 Å². The summed E-state index contributed by atoms with van der Waals surface area (Å²) in [4.78, 5) is 35.6. The Bertz CT molecular complexity index is 969. The molecule has 0 atom stereocenters. The second-order valence-electron chi connectivity index (χ2n) is 5.22. The van der Waals surface area contributed by atoms with Gasteiger partial charge in [-0.1, -0.05) is 30.0 Å². The smallest absolute Gasteiger partial charge is 0.335 e. The van der Waals surface area contributed by atoms with Crippen LogP contribution in [0.3, 0.4) is 0 Å². The van der Waals surface area contributed by atoms with Crippen molar-refractivity contribution < 1.29 is 19.6 Å². The summed E-state index contributed by atoms with van der Waals surface area (Å²) in [6, 6.07) is 11.7. The topological polar surface area (TPSA) is 101 Å². The molecule has 7 nitrogen and oxygen atoms in total. The fourth-order valence-electron chi connectivity index (χ4n) is 2.31. The first-order valence-electron chi connectivity index (χ1n) is 7.22. The van der Waals surface area contributed by atoms with Crippen molar-refractivity contribution in [2.75, 3.05) is 4.90 Å². The number of hydrogen-bond acceptors (Lipinski definition) is 6. The van der Waals surface area contributed by atoms with Gasteiger partial charge in [0.15, 0.2) is 4.32 Å². The largest absolute Gasteiger partial charge is 0.478 e. The van der Waals surface area contributed by atoms with Crippen molar-refractivity contribution in [3.63, 3.8) is 0 Å². The molecule has 0 aliphatic carbocycles. The highest BCUT2D eigenvalue weighted by molar-refractivity contribution is 8.27. The maximum Gasteiger partial charge on any atom is 0.335 e. The average Bonchev–Trinajstić information content (AvgIpc) is 2.89. The maximum absolute atomic E-state index is 12.7. The summed E-state index contributed by atoms with van der Waals surface area (Å²) in [5.41, 5.74) is 1.01. The summed E-state index contributed by atoms with van der Waals surface area (Å²) in [5, 5.41) is 19.8. The third kappa shape index (κ3) is 3.48. The number of carboxylic acids is 1. The van der Waals surface area contributed by atoms with Gasteiger partial charge in [-0.3, -0.25) is 19.8 Å². The zero-order valence-electron chi connectivity index (χ0n) is 13.0. The van der Waals surface area contributed by atoms with Gasteiger partial charge in [0.25, 0.3) is 11.6 Å². The second kappa shape index (κ2) is 7.06. The number of hydrogen-bond donors (Lipinski definition) is 1. The molecular weight excluding hydrogens is 376 g/mol. The van der Waals surface area contributed by atoms with Gasteiger partial charge < -0.3 is 5.11 Å². The SMILES string of the molecule is O=C(O)c1cccc(N2C(=O)/C(=C\c3ccc([N+](=O)[O-])cc3)SC2=S)c1. The van der Waals surface area contributed by atoms with E-state index in [0.717, 1.165) is 11.8 Å². The highest BCUT2D eigenvalue weighted by Gasteiger charge is 2.33. The standard InChI is InChI=1S/C17H10N2O5S2/c20-15-14(8-10-4-6-12(7-5-10)19(23)24)26-17(25)18(15)13-3-1-2-11(9-13)16(21)22/h1-9H,(H,21,22)/b14-8+. The first kappa shape index (κ1) is 17.8. The lowest BCUT2D eigenvalue weighted by atomic mass is 10.1. The third-order valence-electron chi connectivity index (χ3n) is 3.55. The number of nitro benzene ring substituents is 1. The highest BCUT2D eigenvalue weighted by Crippen LogP contribution is 2.36. The predicted molar refractivity (Wildman–Crippen MR) is 102 cm³/mol. The molecule has 1 aliphatic heterocycles. The molecule has 1 saturated heterocycles. The molecule has 1 amide bonds. The van der Waals surface area contributed by atoms with Crippen molar-refractivity contribution in [3.05, 3.63) is 74.7 Å². The van der Waals surface area contributed by atoms with Gasteiger partial charge >= 0.3 is 5.97 Å². The molecule has 0 aromatic heterocycles. The molecule has 2 aromatic rings. The summed E-state index contributed by atoms with van der Waals surface area (Å²) in [6.07, 6.45) is 1.59. The molecule has 9 heteroatoms. The van der Waals surface area contributed by atoms with Crippen molar-refractivity contribution in [1.82, 2.24) is 0 Å².